The average Bonchev–Trinajstić information content (AvgIpc) is 2.86. The lowest BCUT2D eigenvalue weighted by atomic mass is 10.3. The Hall–Kier alpha value is -1.25. The number of nitrogen functional groups attached to an aromatic ring is 1. The van der Waals surface area contributed by atoms with E-state index in [1.807, 2.05) is 6.92 Å². The van der Waals surface area contributed by atoms with Gasteiger partial charge in [0.15, 0.2) is 0 Å². The monoisotopic (exact) mass is 298 g/mol. The summed E-state index contributed by atoms with van der Waals surface area (Å²) in [5, 5.41) is 11.8. The first-order chi connectivity index (χ1) is 9.58. The second-order valence-electron chi connectivity index (χ2n) is 4.98. The first-order valence-corrected chi connectivity index (χ1v) is 7.73. The van der Waals surface area contributed by atoms with E-state index >= 15 is 0 Å². The smallest absolute Gasteiger partial charge is 0.234 e. The fourth-order valence-electron chi connectivity index (χ4n) is 2.24. The van der Waals surface area contributed by atoms with Gasteiger partial charge < -0.3 is 16.0 Å². The van der Waals surface area contributed by atoms with Crippen LogP contribution in [0.2, 0.25) is 0 Å². The summed E-state index contributed by atoms with van der Waals surface area (Å²) < 4.78 is 0. The highest BCUT2D eigenvalue weighted by atomic mass is 32.1. The molecule has 1 saturated heterocycles. The predicted molar refractivity (Wildman–Crippen MR) is 79.4 cm³/mol. The molecule has 0 aliphatic carbocycles. The molecule has 1 aromatic rings. The van der Waals surface area contributed by atoms with Gasteiger partial charge in [0.05, 0.1) is 12.6 Å². The van der Waals surface area contributed by atoms with Crippen LogP contribution < -0.4 is 11.1 Å². The van der Waals surface area contributed by atoms with E-state index in [-0.39, 0.29) is 11.9 Å². The SMILES string of the molecule is CCN1CCN(CC(=O)NC(C)c2nnc(N)s2)CC1. The highest BCUT2D eigenvalue weighted by Gasteiger charge is 2.19. The third-order valence-corrected chi connectivity index (χ3v) is 4.42. The van der Waals surface area contributed by atoms with Crippen molar-refractivity contribution in [1.82, 2.24) is 25.3 Å². The van der Waals surface area contributed by atoms with E-state index in [1.54, 1.807) is 0 Å². The van der Waals surface area contributed by atoms with E-state index in [1.165, 1.54) is 11.3 Å². The second kappa shape index (κ2) is 6.96. The first kappa shape index (κ1) is 15.1. The van der Waals surface area contributed by atoms with Crippen molar-refractivity contribution in [3.05, 3.63) is 5.01 Å². The summed E-state index contributed by atoms with van der Waals surface area (Å²) in [4.78, 5) is 16.6. The van der Waals surface area contributed by atoms with E-state index in [0.29, 0.717) is 11.7 Å². The van der Waals surface area contributed by atoms with Crippen LogP contribution in [0.15, 0.2) is 0 Å². The van der Waals surface area contributed by atoms with Gasteiger partial charge in [-0.25, -0.2) is 0 Å². The van der Waals surface area contributed by atoms with Crippen LogP contribution >= 0.6 is 11.3 Å². The van der Waals surface area contributed by atoms with Crippen LogP contribution in [0, 0.1) is 0 Å². The summed E-state index contributed by atoms with van der Waals surface area (Å²) in [7, 11) is 0. The van der Waals surface area contributed by atoms with Crippen LogP contribution in [-0.2, 0) is 4.79 Å². The minimum Gasteiger partial charge on any atom is -0.374 e. The Bertz CT molecular complexity index is 443. The van der Waals surface area contributed by atoms with Gasteiger partial charge in [0.1, 0.15) is 5.01 Å². The van der Waals surface area contributed by atoms with Crippen molar-refractivity contribution in [2.24, 2.45) is 0 Å². The van der Waals surface area contributed by atoms with Gasteiger partial charge in [-0.15, -0.1) is 10.2 Å². The molecule has 112 valence electrons. The van der Waals surface area contributed by atoms with E-state index in [0.717, 1.165) is 37.7 Å². The van der Waals surface area contributed by atoms with Crippen LogP contribution in [0.3, 0.4) is 0 Å². The Balaban J connectivity index is 1.75. The molecule has 2 heterocycles. The van der Waals surface area contributed by atoms with Crippen molar-refractivity contribution in [3.8, 4) is 0 Å². The highest BCUT2D eigenvalue weighted by Crippen LogP contribution is 2.18. The predicted octanol–water partition coefficient (Wildman–Crippen LogP) is -0.0650. The average molecular weight is 298 g/mol. The molecule has 1 aromatic heterocycles. The van der Waals surface area contributed by atoms with E-state index in [9.17, 15) is 4.79 Å². The molecule has 7 nitrogen and oxygen atoms in total. The Morgan fingerprint density at radius 3 is 2.55 bits per heavy atom. The number of anilines is 1. The van der Waals surface area contributed by atoms with Crippen LogP contribution in [0.4, 0.5) is 5.13 Å². The number of carbonyl (C=O) groups is 1. The van der Waals surface area contributed by atoms with Crippen molar-refractivity contribution in [2.75, 3.05) is 45.0 Å². The van der Waals surface area contributed by atoms with Crippen molar-refractivity contribution in [2.45, 2.75) is 19.9 Å². The van der Waals surface area contributed by atoms with Gasteiger partial charge >= 0.3 is 0 Å². The first-order valence-electron chi connectivity index (χ1n) is 6.91. The van der Waals surface area contributed by atoms with Gasteiger partial charge in [0, 0.05) is 26.2 Å². The number of nitrogens with one attached hydrogen (secondary N) is 1. The number of hydrogen-bond acceptors (Lipinski definition) is 7. The molecule has 0 aromatic carbocycles. The van der Waals surface area contributed by atoms with Gasteiger partial charge in [-0.05, 0) is 13.5 Å². The number of nitrogens with two attached hydrogens (primary N) is 1. The molecular formula is C12H22N6OS. The molecule has 1 aliphatic rings. The van der Waals surface area contributed by atoms with E-state index < -0.39 is 0 Å². The number of aromatic nitrogens is 2. The summed E-state index contributed by atoms with van der Waals surface area (Å²) in [5.41, 5.74) is 5.54. The van der Waals surface area contributed by atoms with Crippen LogP contribution in [0.5, 0.6) is 0 Å². The molecule has 8 heteroatoms. The minimum atomic E-state index is -0.144. The number of likely N-dealkylation sites (N-methyl/N-ethyl adjacent to an activating group) is 1. The standard InChI is InChI=1S/C12H22N6OS/c1-3-17-4-6-18(7-5-17)8-10(19)14-9(2)11-15-16-12(13)20-11/h9H,3-8H2,1-2H3,(H2,13,16)(H,14,19). The third kappa shape index (κ3) is 4.12. The molecule has 1 amide bonds. The number of amides is 1. The zero-order valence-electron chi connectivity index (χ0n) is 12.0. The summed E-state index contributed by atoms with van der Waals surface area (Å²) in [6.07, 6.45) is 0. The third-order valence-electron chi connectivity index (χ3n) is 3.48. The minimum absolute atomic E-state index is 0.0243. The van der Waals surface area contributed by atoms with Gasteiger partial charge in [-0.2, -0.15) is 0 Å². The quantitative estimate of drug-likeness (QED) is 0.791. The van der Waals surface area contributed by atoms with Crippen molar-refractivity contribution < 1.29 is 4.79 Å². The van der Waals surface area contributed by atoms with E-state index in [4.69, 9.17) is 5.73 Å². The lowest BCUT2D eigenvalue weighted by Crippen LogP contribution is -2.49. The van der Waals surface area contributed by atoms with Crippen LogP contribution in [-0.4, -0.2) is 65.2 Å². The molecule has 1 atom stereocenters. The van der Waals surface area contributed by atoms with E-state index in [2.05, 4.69) is 32.2 Å². The summed E-state index contributed by atoms with van der Waals surface area (Å²) in [6, 6.07) is -0.144. The number of piperazine rings is 1. The van der Waals surface area contributed by atoms with Crippen molar-refractivity contribution >= 4 is 22.4 Å². The summed E-state index contributed by atoms with van der Waals surface area (Å²) in [6.45, 7) is 9.54. The molecule has 0 bridgehead atoms. The number of carbonyl (C=O) groups excluding carboxylic acids is 1. The molecule has 20 heavy (non-hydrogen) atoms. The zero-order chi connectivity index (χ0) is 14.5. The van der Waals surface area contributed by atoms with Gasteiger partial charge in [-0.3, -0.25) is 9.69 Å². The van der Waals surface area contributed by atoms with Gasteiger partial charge in [0.25, 0.3) is 0 Å². The van der Waals surface area contributed by atoms with Gasteiger partial charge in [-0.1, -0.05) is 18.3 Å². The lowest BCUT2D eigenvalue weighted by Gasteiger charge is -2.33. The fourth-order valence-corrected chi connectivity index (χ4v) is 2.85. The van der Waals surface area contributed by atoms with Crippen LogP contribution in [0.25, 0.3) is 0 Å². The normalized spacial score (nSPS) is 18.9. The molecule has 3 N–H and O–H groups in total. The Labute approximate surface area is 123 Å². The Kier molecular flexibility index (Phi) is 5.27. The lowest BCUT2D eigenvalue weighted by molar-refractivity contribution is -0.123. The maximum atomic E-state index is 12.0. The van der Waals surface area contributed by atoms with Gasteiger partial charge in [0.2, 0.25) is 11.0 Å². The van der Waals surface area contributed by atoms with Crippen molar-refractivity contribution in [1.29, 1.82) is 0 Å². The summed E-state index contributed by atoms with van der Waals surface area (Å²) >= 11 is 1.31. The molecule has 1 fully saturated rings. The molecule has 2 rings (SSSR count). The Morgan fingerprint density at radius 2 is 2.00 bits per heavy atom. The largest absolute Gasteiger partial charge is 0.374 e. The number of hydrogen-bond donors (Lipinski definition) is 2. The van der Waals surface area contributed by atoms with Crippen LogP contribution in [0.1, 0.15) is 24.9 Å². The molecule has 1 unspecified atom stereocenters. The topological polar surface area (TPSA) is 87.4 Å². The zero-order valence-corrected chi connectivity index (χ0v) is 12.8. The molecule has 1 aliphatic heterocycles. The second-order valence-corrected chi connectivity index (χ2v) is 6.02. The maximum Gasteiger partial charge on any atom is 0.234 e. The highest BCUT2D eigenvalue weighted by molar-refractivity contribution is 7.15. The maximum absolute atomic E-state index is 12.0. The molecule has 0 saturated carbocycles. The summed E-state index contributed by atoms with van der Waals surface area (Å²) in [5.74, 6) is 0.0243. The molecule has 0 spiro atoms. The molecular weight excluding hydrogens is 276 g/mol. The number of nitrogens with zero attached hydrogens (tertiary/aromatic N) is 4. The van der Waals surface area contributed by atoms with Crippen molar-refractivity contribution in [3.63, 3.8) is 0 Å². The Morgan fingerprint density at radius 1 is 1.35 bits per heavy atom. The fraction of sp³-hybridized carbons (Fsp3) is 0.750. The molecule has 0 radical (unpaired) electrons. The number of rotatable bonds is 5.